The van der Waals surface area contributed by atoms with Crippen LogP contribution in [0.2, 0.25) is 0 Å². The highest BCUT2D eigenvalue weighted by Gasteiger charge is 2.60. The quantitative estimate of drug-likeness (QED) is 0.0569. The Morgan fingerprint density at radius 3 is 2.43 bits per heavy atom. The van der Waals surface area contributed by atoms with E-state index >= 15 is 0 Å². The lowest BCUT2D eigenvalue weighted by Gasteiger charge is -2.54. The fraction of sp³-hybridized carbons (Fsp3) is 0.451. The average Bonchev–Trinajstić information content (AvgIpc) is 3.67. The summed E-state index contributed by atoms with van der Waals surface area (Å²) < 4.78 is 12.0. The zero-order chi connectivity index (χ0) is 42.3. The Kier molecular flexibility index (Phi) is 11.6. The first-order chi connectivity index (χ1) is 29.6. The van der Waals surface area contributed by atoms with Gasteiger partial charge in [0.05, 0.1) is 12.6 Å². The molecule has 61 heavy (non-hydrogen) atoms. The number of carbonyl (C=O) groups excluding carboxylic acids is 1. The Balaban J connectivity index is 1.16. The number of allylic oxidation sites excluding steroid dienone is 1. The van der Waals surface area contributed by atoms with Crippen LogP contribution in [-0.4, -0.2) is 56.9 Å². The summed E-state index contributed by atoms with van der Waals surface area (Å²) in [4.78, 5) is 19.2. The van der Waals surface area contributed by atoms with Gasteiger partial charge < -0.3 is 35.0 Å². The van der Waals surface area contributed by atoms with Gasteiger partial charge in [0, 0.05) is 24.1 Å². The van der Waals surface area contributed by atoms with Gasteiger partial charge in [-0.25, -0.2) is 0 Å². The van der Waals surface area contributed by atoms with E-state index in [1.165, 1.54) is 12.0 Å². The Bertz CT molecular complexity index is 2300. The molecule has 4 aromatic rings. The number of nitrogens with two attached hydrogens (primary N) is 1. The number of aliphatic hydroxyl groups excluding tert-OH is 1. The third kappa shape index (κ3) is 7.78. The van der Waals surface area contributed by atoms with E-state index in [0.29, 0.717) is 19.4 Å². The highest BCUT2D eigenvalue weighted by Crippen LogP contribution is 2.68. The third-order valence-corrected chi connectivity index (χ3v) is 15.1. The molecule has 0 amide bonds. The molecule has 3 fully saturated rings. The SMILES string of the molecule is NCOc1cc(CCC(=O)C2CC(CC3=CCN=C3)C3CC4CC(C5(c6ccccc6)CCCCC5)C(c5cc(O)c(O)c(OCc6cccc(O)c6)c54)C3C2O)ccc1O. The van der Waals surface area contributed by atoms with Crippen molar-refractivity contribution < 1.29 is 39.8 Å². The fourth-order valence-corrected chi connectivity index (χ4v) is 12.6. The fourth-order valence-electron chi connectivity index (χ4n) is 12.6. The second-order valence-electron chi connectivity index (χ2n) is 18.3. The van der Waals surface area contributed by atoms with Crippen LogP contribution >= 0.6 is 0 Å². The number of benzene rings is 4. The number of aromatic hydroxyl groups is 4. The molecule has 0 saturated heterocycles. The van der Waals surface area contributed by atoms with Gasteiger partial charge in [0.1, 0.15) is 24.9 Å². The Morgan fingerprint density at radius 1 is 0.852 bits per heavy atom. The number of hydrogen-bond donors (Lipinski definition) is 6. The molecule has 1 heterocycles. The molecule has 10 rings (SSSR count). The van der Waals surface area contributed by atoms with Crippen LogP contribution in [0, 0.1) is 29.6 Å². The Hall–Kier alpha value is -5.32. The largest absolute Gasteiger partial charge is 0.508 e. The number of hydrogen-bond acceptors (Lipinski definition) is 10. The lowest BCUT2D eigenvalue weighted by molar-refractivity contribution is -0.136. The zero-order valence-electron chi connectivity index (χ0n) is 34.7. The number of rotatable bonds is 13. The molecule has 10 nitrogen and oxygen atoms in total. The Labute approximate surface area is 357 Å². The van der Waals surface area contributed by atoms with Crippen molar-refractivity contribution >= 4 is 12.0 Å². The minimum Gasteiger partial charge on any atom is -0.508 e. The maximum absolute atomic E-state index is 14.7. The van der Waals surface area contributed by atoms with E-state index in [4.69, 9.17) is 15.2 Å². The van der Waals surface area contributed by atoms with E-state index in [1.54, 1.807) is 42.5 Å². The number of carbonyl (C=O) groups is 1. The minimum absolute atomic E-state index is 0.00841. The van der Waals surface area contributed by atoms with E-state index in [-0.39, 0.29) is 101 Å². The molecule has 10 heteroatoms. The number of aryl methyl sites for hydroxylation is 1. The Morgan fingerprint density at radius 2 is 1.67 bits per heavy atom. The smallest absolute Gasteiger partial charge is 0.200 e. The first-order valence-corrected chi connectivity index (χ1v) is 22.2. The van der Waals surface area contributed by atoms with Gasteiger partial charge in [-0.2, -0.15) is 0 Å². The molecule has 320 valence electrons. The zero-order valence-corrected chi connectivity index (χ0v) is 34.7. The van der Waals surface area contributed by atoms with E-state index in [0.717, 1.165) is 72.8 Å². The number of aliphatic hydroxyl groups is 1. The number of nitrogens with zero attached hydrogens (tertiary/aromatic N) is 1. The van der Waals surface area contributed by atoms with E-state index < -0.39 is 12.0 Å². The second kappa shape index (κ2) is 17.2. The number of aliphatic imine (C=N–C) groups is 1. The molecular formula is C51H58N2O8. The van der Waals surface area contributed by atoms with Crippen molar-refractivity contribution in [2.75, 3.05) is 13.3 Å². The van der Waals surface area contributed by atoms with E-state index in [1.807, 2.05) is 12.3 Å². The molecule has 6 aliphatic rings. The molecule has 1 aliphatic heterocycles. The number of fused-ring (bicyclic) bond motifs is 1. The summed E-state index contributed by atoms with van der Waals surface area (Å²) in [5, 5.41) is 56.9. The maximum atomic E-state index is 14.7. The first kappa shape index (κ1) is 41.1. The highest BCUT2D eigenvalue weighted by atomic mass is 16.5. The van der Waals surface area contributed by atoms with Crippen LogP contribution in [0.3, 0.4) is 0 Å². The molecule has 4 aromatic carbocycles. The van der Waals surface area contributed by atoms with Gasteiger partial charge in [-0.1, -0.05) is 73.9 Å². The van der Waals surface area contributed by atoms with E-state index in [9.17, 15) is 30.3 Å². The minimum atomic E-state index is -0.947. The second-order valence-corrected chi connectivity index (χ2v) is 18.3. The number of phenolic OH excluding ortho intramolecular Hbond substituents is 4. The molecular weight excluding hydrogens is 769 g/mol. The molecule has 0 aromatic heterocycles. The van der Waals surface area contributed by atoms with Gasteiger partial charge in [0.15, 0.2) is 23.0 Å². The molecule has 2 bridgehead atoms. The van der Waals surface area contributed by atoms with Crippen LogP contribution in [0.4, 0.5) is 0 Å². The van der Waals surface area contributed by atoms with Crippen LogP contribution in [-0.2, 0) is 23.2 Å². The van der Waals surface area contributed by atoms with Gasteiger partial charge in [0.2, 0.25) is 5.75 Å². The van der Waals surface area contributed by atoms with E-state index in [2.05, 4.69) is 41.4 Å². The van der Waals surface area contributed by atoms with Gasteiger partial charge >= 0.3 is 0 Å². The maximum Gasteiger partial charge on any atom is 0.200 e. The summed E-state index contributed by atoms with van der Waals surface area (Å²) in [6.07, 6.45) is 12.1. The predicted octanol–water partition coefficient (Wildman–Crippen LogP) is 8.71. The third-order valence-electron chi connectivity index (χ3n) is 15.1. The monoisotopic (exact) mass is 826 g/mol. The van der Waals surface area contributed by atoms with Crippen LogP contribution < -0.4 is 15.2 Å². The van der Waals surface area contributed by atoms with Crippen LogP contribution in [0.1, 0.15) is 104 Å². The number of ketones is 1. The van der Waals surface area contributed by atoms with Crippen molar-refractivity contribution in [1.29, 1.82) is 0 Å². The number of phenols is 4. The van der Waals surface area contributed by atoms with Crippen molar-refractivity contribution in [3.63, 3.8) is 0 Å². The highest BCUT2D eigenvalue weighted by molar-refractivity contribution is 5.83. The summed E-state index contributed by atoms with van der Waals surface area (Å²) in [5.41, 5.74) is 11.2. The molecule has 0 radical (unpaired) electrons. The van der Waals surface area contributed by atoms with Gasteiger partial charge in [0.25, 0.3) is 0 Å². The molecule has 0 spiro atoms. The van der Waals surface area contributed by atoms with Crippen LogP contribution in [0.25, 0.3) is 0 Å². The average molecular weight is 827 g/mol. The predicted molar refractivity (Wildman–Crippen MR) is 233 cm³/mol. The lowest BCUT2D eigenvalue weighted by Crippen LogP contribution is -2.52. The summed E-state index contributed by atoms with van der Waals surface area (Å²) in [6.45, 7) is 0.631. The molecule has 8 atom stereocenters. The first-order valence-electron chi connectivity index (χ1n) is 22.2. The van der Waals surface area contributed by atoms with Gasteiger partial charge in [-0.15, -0.1) is 0 Å². The van der Waals surface area contributed by atoms with Crippen molar-refractivity contribution in [1.82, 2.24) is 0 Å². The van der Waals surface area contributed by atoms with Gasteiger partial charge in [-0.3, -0.25) is 15.5 Å². The van der Waals surface area contributed by atoms with Crippen LogP contribution in [0.5, 0.6) is 34.5 Å². The van der Waals surface area contributed by atoms with Crippen molar-refractivity contribution in [3.8, 4) is 34.5 Å². The summed E-state index contributed by atoms with van der Waals surface area (Å²) in [6, 6.07) is 24.5. The van der Waals surface area contributed by atoms with Crippen molar-refractivity contribution in [2.24, 2.45) is 40.3 Å². The molecule has 8 unspecified atom stereocenters. The van der Waals surface area contributed by atoms with Crippen LogP contribution in [0.15, 0.2) is 95.5 Å². The molecule has 3 saturated carbocycles. The summed E-state index contributed by atoms with van der Waals surface area (Å²) in [7, 11) is 0. The lowest BCUT2D eigenvalue weighted by atomic mass is 9.50. The topological polar surface area (TPSA) is 175 Å². The molecule has 5 aliphatic carbocycles. The van der Waals surface area contributed by atoms with Gasteiger partial charge in [-0.05, 0) is 144 Å². The summed E-state index contributed by atoms with van der Waals surface area (Å²) in [5.74, 6) is -0.954. The van der Waals surface area contributed by atoms with Crippen molar-refractivity contribution in [2.45, 2.75) is 101 Å². The number of ether oxygens (including phenoxy) is 2. The van der Waals surface area contributed by atoms with Crippen molar-refractivity contribution in [3.05, 3.63) is 118 Å². The summed E-state index contributed by atoms with van der Waals surface area (Å²) >= 11 is 0. The standard InChI is InChI=1S/C51H58N2O8/c52-29-61-44-22-30(13-15-42(44)56)12-14-41(55)38-23-33(20-31-16-19-53-27-31)37-24-34-25-40(51(17-5-2-6-18-51)35-9-3-1-4-10-35)46(47(37)48(38)58)39-26-43(57)49(59)50(45(34)39)60-28-32-8-7-11-36(54)21-32/h1,3-4,7-11,13,15-16,21-22,26-27,33-34,37-38,40,46-48,54,56-59H,2,5-6,12,14,17-20,23-25,28-29,52H2. The number of Topliss-reactive ketones (excluding diaryl/α,β-unsaturated/α-hetero) is 1. The normalized spacial score (nSPS) is 27.4. The molecule has 7 N–H and O–H groups in total.